The van der Waals surface area contributed by atoms with Crippen LogP contribution in [0.2, 0.25) is 0 Å². The van der Waals surface area contributed by atoms with Crippen LogP contribution in [0.1, 0.15) is 5.69 Å². The van der Waals surface area contributed by atoms with E-state index >= 15 is 0 Å². The first-order valence-electron chi connectivity index (χ1n) is 3.63. The fourth-order valence-corrected chi connectivity index (χ4v) is 1.62. The number of anilines is 1. The molecule has 0 aromatic carbocycles. The molecule has 0 amide bonds. The number of nitrogens with two attached hydrogens (primary N) is 1. The van der Waals surface area contributed by atoms with Gasteiger partial charge in [0.2, 0.25) is 0 Å². The number of nitrogens with one attached hydrogen (secondary N) is 1. The summed E-state index contributed by atoms with van der Waals surface area (Å²) in [6.45, 7) is 1.87. The largest absolute Gasteiger partial charge is 0.383 e. The molecule has 68 valence electrons. The minimum Gasteiger partial charge on any atom is -0.383 e. The molecule has 5 nitrogen and oxygen atoms in total. The molecule has 2 aromatic heterocycles. The Kier molecular flexibility index (Phi) is 1.79. The van der Waals surface area contributed by atoms with Crippen molar-refractivity contribution in [2.45, 2.75) is 6.92 Å². The van der Waals surface area contributed by atoms with Gasteiger partial charge in [0, 0.05) is 6.07 Å². The van der Waals surface area contributed by atoms with Gasteiger partial charge in [-0.2, -0.15) is 9.61 Å². The third-order valence-corrected chi connectivity index (χ3v) is 3.04. The minimum atomic E-state index is -0.206. The highest BCUT2D eigenvalue weighted by Crippen LogP contribution is 2.15. The molecule has 13 heavy (non-hydrogen) atoms. The molecule has 3 N–H and O–H groups in total. The van der Waals surface area contributed by atoms with Crippen molar-refractivity contribution < 1.29 is 0 Å². The second-order valence-corrected chi connectivity index (χ2v) is 3.80. The maximum Gasteiger partial charge on any atom is 0.253 e. The summed E-state index contributed by atoms with van der Waals surface area (Å²) in [5, 5.41) is 4.17. The number of nitrogen functional groups attached to an aromatic ring is 1. The number of nitrogens with zero attached hydrogens (tertiary/aromatic N) is 2. The van der Waals surface area contributed by atoms with Crippen molar-refractivity contribution in [3.05, 3.63) is 25.7 Å². The third-order valence-electron chi connectivity index (χ3n) is 1.75. The van der Waals surface area contributed by atoms with Crippen molar-refractivity contribution in [1.82, 2.24) is 14.6 Å². The third kappa shape index (κ3) is 1.21. The van der Waals surface area contributed by atoms with Gasteiger partial charge in [-0.25, -0.2) is 0 Å². The highest BCUT2D eigenvalue weighted by Gasteiger charge is 2.08. The maximum absolute atomic E-state index is 11.1. The van der Waals surface area contributed by atoms with E-state index in [1.54, 1.807) is 0 Å². The zero-order chi connectivity index (χ0) is 9.59. The zero-order valence-corrected chi connectivity index (χ0v) is 8.99. The van der Waals surface area contributed by atoms with Crippen LogP contribution in [-0.2, 0) is 0 Å². The van der Waals surface area contributed by atoms with Gasteiger partial charge in [0.05, 0.1) is 9.26 Å². The second kappa shape index (κ2) is 2.72. The molecule has 6 heteroatoms. The van der Waals surface area contributed by atoms with Gasteiger partial charge in [-0.15, -0.1) is 0 Å². The molecule has 0 radical (unpaired) electrons. The van der Waals surface area contributed by atoms with Gasteiger partial charge in [-0.1, -0.05) is 0 Å². The Morgan fingerprint density at radius 3 is 3.08 bits per heavy atom. The van der Waals surface area contributed by atoms with E-state index in [0.717, 1.165) is 9.26 Å². The average molecular weight is 290 g/mol. The van der Waals surface area contributed by atoms with Crippen molar-refractivity contribution >= 4 is 34.1 Å². The summed E-state index contributed by atoms with van der Waals surface area (Å²) in [5.74, 6) is 0.352. The van der Waals surface area contributed by atoms with E-state index in [-0.39, 0.29) is 5.56 Å². The summed E-state index contributed by atoms with van der Waals surface area (Å²) in [6, 6.07) is 1.32. The number of aromatic nitrogens is 3. The lowest BCUT2D eigenvalue weighted by Crippen LogP contribution is -2.11. The van der Waals surface area contributed by atoms with Crippen molar-refractivity contribution in [2.75, 3.05) is 5.73 Å². The molecule has 0 unspecified atom stereocenters. The fourth-order valence-electron chi connectivity index (χ4n) is 1.15. The molecule has 0 aliphatic carbocycles. The number of fused-ring (bicyclic) bond motifs is 1. The number of aromatic amines is 1. The summed E-state index contributed by atoms with van der Waals surface area (Å²) in [6.07, 6.45) is 0. The van der Waals surface area contributed by atoms with Gasteiger partial charge < -0.3 is 10.7 Å². The summed E-state index contributed by atoms with van der Waals surface area (Å²) < 4.78 is 2.44. The first-order valence-corrected chi connectivity index (χ1v) is 4.71. The van der Waals surface area contributed by atoms with Crippen LogP contribution in [0.25, 0.3) is 5.65 Å². The van der Waals surface area contributed by atoms with Crippen LogP contribution < -0.4 is 11.3 Å². The molecule has 0 aliphatic heterocycles. The van der Waals surface area contributed by atoms with Gasteiger partial charge >= 0.3 is 0 Å². The molecule has 2 heterocycles. The molecule has 0 saturated heterocycles. The number of H-pyrrole nitrogens is 1. The summed E-state index contributed by atoms with van der Waals surface area (Å²) in [7, 11) is 0. The van der Waals surface area contributed by atoms with E-state index in [4.69, 9.17) is 5.73 Å². The van der Waals surface area contributed by atoms with Gasteiger partial charge in [0.15, 0.2) is 5.65 Å². The van der Waals surface area contributed by atoms with E-state index in [1.807, 2.05) is 6.92 Å². The molecule has 0 atom stereocenters. The fraction of sp³-hybridized carbons (Fsp3) is 0.143. The van der Waals surface area contributed by atoms with Crippen LogP contribution in [0.4, 0.5) is 5.82 Å². The van der Waals surface area contributed by atoms with Gasteiger partial charge in [-0.3, -0.25) is 4.79 Å². The zero-order valence-electron chi connectivity index (χ0n) is 6.84. The number of rotatable bonds is 0. The highest BCUT2D eigenvalue weighted by atomic mass is 127. The lowest BCUT2D eigenvalue weighted by atomic mass is 10.5. The van der Waals surface area contributed by atoms with Crippen LogP contribution in [0.3, 0.4) is 0 Å². The van der Waals surface area contributed by atoms with Crippen LogP contribution in [0.5, 0.6) is 0 Å². The van der Waals surface area contributed by atoms with Crippen molar-refractivity contribution in [3.8, 4) is 0 Å². The maximum atomic E-state index is 11.1. The molecule has 0 aliphatic rings. The smallest absolute Gasteiger partial charge is 0.253 e. The molecule has 2 rings (SSSR count). The SMILES string of the molecule is Cc1nn2c(N)cc(=O)[nH]c2c1I. The Morgan fingerprint density at radius 2 is 2.38 bits per heavy atom. The summed E-state index contributed by atoms with van der Waals surface area (Å²) in [4.78, 5) is 13.8. The number of hydrogen-bond acceptors (Lipinski definition) is 3. The normalized spacial score (nSPS) is 10.9. The quantitative estimate of drug-likeness (QED) is 0.694. The Balaban J connectivity index is 3.03. The van der Waals surface area contributed by atoms with Crippen molar-refractivity contribution in [3.63, 3.8) is 0 Å². The Morgan fingerprint density at radius 1 is 1.69 bits per heavy atom. The minimum absolute atomic E-state index is 0.206. The average Bonchev–Trinajstić information content (AvgIpc) is 2.32. The first kappa shape index (κ1) is 8.54. The van der Waals surface area contributed by atoms with Crippen LogP contribution in [0.15, 0.2) is 10.9 Å². The first-order chi connectivity index (χ1) is 6.09. The predicted octanol–water partition coefficient (Wildman–Crippen LogP) is 0.518. The van der Waals surface area contributed by atoms with Crippen molar-refractivity contribution in [1.29, 1.82) is 0 Å². The molecule has 0 spiro atoms. The topological polar surface area (TPSA) is 76.2 Å². The van der Waals surface area contributed by atoms with E-state index in [0.29, 0.717) is 11.5 Å². The van der Waals surface area contributed by atoms with E-state index in [1.165, 1.54) is 10.6 Å². The lowest BCUT2D eigenvalue weighted by molar-refractivity contribution is 0.922. The molecule has 0 bridgehead atoms. The van der Waals surface area contributed by atoms with Crippen LogP contribution >= 0.6 is 22.6 Å². The Labute approximate surface area is 87.1 Å². The Bertz CT molecular complexity index is 527. The second-order valence-electron chi connectivity index (χ2n) is 2.72. The number of aryl methyl sites for hydroxylation is 1. The monoisotopic (exact) mass is 290 g/mol. The van der Waals surface area contributed by atoms with Gasteiger partial charge in [0.1, 0.15) is 5.82 Å². The standard InChI is InChI=1S/C7H7IN4O/c1-3-6(8)7-10-5(13)2-4(9)12(7)11-3/h2H,9H2,1H3,(H,10,13). The van der Waals surface area contributed by atoms with E-state index in [2.05, 4.69) is 32.7 Å². The van der Waals surface area contributed by atoms with E-state index in [9.17, 15) is 4.79 Å². The van der Waals surface area contributed by atoms with Crippen molar-refractivity contribution in [2.24, 2.45) is 0 Å². The lowest BCUT2D eigenvalue weighted by Gasteiger charge is -1.96. The molecule has 0 saturated carbocycles. The molecular weight excluding hydrogens is 283 g/mol. The molecular formula is C7H7IN4O. The predicted molar refractivity (Wildman–Crippen MR) is 57.7 cm³/mol. The van der Waals surface area contributed by atoms with E-state index < -0.39 is 0 Å². The number of halogens is 1. The van der Waals surface area contributed by atoms with Gasteiger partial charge in [-0.05, 0) is 29.5 Å². The number of hydrogen-bond donors (Lipinski definition) is 2. The Hall–Kier alpha value is -1.05. The summed E-state index contributed by atoms with van der Waals surface area (Å²) >= 11 is 2.12. The van der Waals surface area contributed by atoms with Crippen LogP contribution in [-0.4, -0.2) is 14.6 Å². The highest BCUT2D eigenvalue weighted by molar-refractivity contribution is 14.1. The van der Waals surface area contributed by atoms with Gasteiger partial charge in [0.25, 0.3) is 5.56 Å². The summed E-state index contributed by atoms with van der Waals surface area (Å²) in [5.41, 5.74) is 6.92. The van der Waals surface area contributed by atoms with Crippen LogP contribution in [0, 0.1) is 10.5 Å². The molecule has 2 aromatic rings. The molecule has 0 fully saturated rings.